The van der Waals surface area contributed by atoms with Crippen molar-refractivity contribution in [1.82, 2.24) is 14.8 Å². The molecule has 1 aromatic carbocycles. The van der Waals surface area contributed by atoms with Crippen molar-refractivity contribution < 1.29 is 19.1 Å². The van der Waals surface area contributed by atoms with Crippen LogP contribution in [0.3, 0.4) is 0 Å². The van der Waals surface area contributed by atoms with Gasteiger partial charge in [-0.3, -0.25) is 14.6 Å². The highest BCUT2D eigenvalue weighted by Crippen LogP contribution is 2.55. The maximum absolute atomic E-state index is 14.2. The highest BCUT2D eigenvalue weighted by Gasteiger charge is 2.49. The molecule has 0 spiro atoms. The molecule has 3 heterocycles. The van der Waals surface area contributed by atoms with Crippen LogP contribution in [-0.2, 0) is 11.2 Å². The van der Waals surface area contributed by atoms with E-state index in [1.165, 1.54) is 0 Å². The molecule has 4 aliphatic rings. The number of amides is 1. The van der Waals surface area contributed by atoms with E-state index in [1.807, 2.05) is 37.8 Å². The largest absolute Gasteiger partial charge is 0.448 e. The number of carbonyl (C=O) groups excluding carboxylic acids is 2. The minimum Gasteiger partial charge on any atom is -0.448 e. The summed E-state index contributed by atoms with van der Waals surface area (Å²) in [4.78, 5) is 35.5. The van der Waals surface area contributed by atoms with Gasteiger partial charge in [0, 0.05) is 67.5 Å². The Balaban J connectivity index is 1.39. The van der Waals surface area contributed by atoms with Crippen LogP contribution >= 0.6 is 0 Å². The molecule has 1 saturated carbocycles. The van der Waals surface area contributed by atoms with Crippen molar-refractivity contribution >= 4 is 11.7 Å². The van der Waals surface area contributed by atoms with E-state index in [4.69, 9.17) is 9.47 Å². The SMILES string of the molecule is CC1=CC(C)=C(CN2CCc3c(c(C)c4c(c3-c3ccncc3)OC(C)(C3CCC(N(C)C)CC3)O4)C2=O)C(=O)C1. The van der Waals surface area contributed by atoms with Gasteiger partial charge in [0.1, 0.15) is 0 Å². The van der Waals surface area contributed by atoms with Crippen LogP contribution in [0.5, 0.6) is 11.5 Å². The Morgan fingerprint density at radius 3 is 2.34 bits per heavy atom. The maximum atomic E-state index is 14.2. The Labute approximate surface area is 243 Å². The number of hydrogen-bond donors (Lipinski definition) is 0. The summed E-state index contributed by atoms with van der Waals surface area (Å²) in [5.74, 6) is 0.937. The summed E-state index contributed by atoms with van der Waals surface area (Å²) >= 11 is 0. The highest BCUT2D eigenvalue weighted by molar-refractivity contribution is 6.04. The van der Waals surface area contributed by atoms with Gasteiger partial charge in [0.15, 0.2) is 17.3 Å². The third kappa shape index (κ3) is 4.78. The summed E-state index contributed by atoms with van der Waals surface area (Å²) in [6, 6.07) is 4.54. The third-order valence-electron chi connectivity index (χ3n) is 9.70. The first-order valence-electron chi connectivity index (χ1n) is 14.9. The van der Waals surface area contributed by atoms with Gasteiger partial charge in [0.25, 0.3) is 11.7 Å². The molecule has 1 aromatic heterocycles. The Morgan fingerprint density at radius 2 is 1.68 bits per heavy atom. The zero-order valence-corrected chi connectivity index (χ0v) is 25.2. The number of allylic oxidation sites excluding steroid dienone is 3. The molecule has 2 aliphatic heterocycles. The van der Waals surface area contributed by atoms with Gasteiger partial charge in [0.05, 0.1) is 5.56 Å². The normalized spacial score (nSPS) is 26.0. The molecule has 7 nitrogen and oxygen atoms in total. The number of carbonyl (C=O) groups is 2. The smallest absolute Gasteiger partial charge is 0.254 e. The summed E-state index contributed by atoms with van der Waals surface area (Å²) in [5, 5.41) is 0. The maximum Gasteiger partial charge on any atom is 0.254 e. The predicted octanol–water partition coefficient (Wildman–Crippen LogP) is 5.90. The van der Waals surface area contributed by atoms with Crippen molar-refractivity contribution in [3.05, 3.63) is 64.0 Å². The molecular weight excluding hydrogens is 514 g/mol. The van der Waals surface area contributed by atoms with Gasteiger partial charge >= 0.3 is 0 Å². The van der Waals surface area contributed by atoms with E-state index in [0.717, 1.165) is 70.4 Å². The molecule has 41 heavy (non-hydrogen) atoms. The number of nitrogens with zero attached hydrogens (tertiary/aromatic N) is 3. The van der Waals surface area contributed by atoms with Gasteiger partial charge in [-0.05, 0) is 95.8 Å². The van der Waals surface area contributed by atoms with Crippen molar-refractivity contribution in [2.75, 3.05) is 27.2 Å². The van der Waals surface area contributed by atoms with Crippen LogP contribution in [0, 0.1) is 12.8 Å². The third-order valence-corrected chi connectivity index (χ3v) is 9.70. The lowest BCUT2D eigenvalue weighted by Gasteiger charge is -2.39. The fourth-order valence-corrected chi connectivity index (χ4v) is 7.33. The lowest BCUT2D eigenvalue weighted by Crippen LogP contribution is -2.46. The first kappa shape index (κ1) is 27.7. The first-order valence-corrected chi connectivity index (χ1v) is 14.9. The van der Waals surface area contributed by atoms with Gasteiger partial charge in [-0.25, -0.2) is 0 Å². The van der Waals surface area contributed by atoms with E-state index < -0.39 is 5.79 Å². The number of rotatable bonds is 5. The molecule has 1 fully saturated rings. The van der Waals surface area contributed by atoms with E-state index in [1.54, 1.807) is 12.4 Å². The van der Waals surface area contributed by atoms with E-state index in [0.29, 0.717) is 43.3 Å². The Kier molecular flexibility index (Phi) is 7.05. The number of aromatic nitrogens is 1. The number of ketones is 1. The molecule has 1 amide bonds. The van der Waals surface area contributed by atoms with Crippen LogP contribution in [-0.4, -0.2) is 65.5 Å². The molecule has 0 N–H and O–H groups in total. The number of fused-ring (bicyclic) bond motifs is 2. The second-order valence-corrected chi connectivity index (χ2v) is 12.7. The molecule has 1 atom stereocenters. The Hall–Kier alpha value is -3.45. The number of Topliss-reactive ketones (excluding diaryl/α,β-unsaturated/α-hetero) is 1. The molecule has 0 radical (unpaired) electrons. The van der Waals surface area contributed by atoms with Crippen LogP contribution < -0.4 is 9.47 Å². The molecule has 6 rings (SSSR count). The average Bonchev–Trinajstić information content (AvgIpc) is 3.31. The van der Waals surface area contributed by atoms with Crippen LogP contribution in [0.15, 0.2) is 47.3 Å². The van der Waals surface area contributed by atoms with Gasteiger partial charge in [-0.1, -0.05) is 11.6 Å². The number of hydrogen-bond acceptors (Lipinski definition) is 6. The van der Waals surface area contributed by atoms with Crippen molar-refractivity contribution in [3.63, 3.8) is 0 Å². The van der Waals surface area contributed by atoms with Crippen molar-refractivity contribution in [3.8, 4) is 22.6 Å². The summed E-state index contributed by atoms with van der Waals surface area (Å²) < 4.78 is 13.6. The second kappa shape index (κ2) is 10.4. The first-order chi connectivity index (χ1) is 19.6. The summed E-state index contributed by atoms with van der Waals surface area (Å²) in [6.07, 6.45) is 11.0. The van der Waals surface area contributed by atoms with Gasteiger partial charge in [0.2, 0.25) is 0 Å². The lowest BCUT2D eigenvalue weighted by molar-refractivity contribution is -0.123. The summed E-state index contributed by atoms with van der Waals surface area (Å²) in [6.45, 7) is 8.87. The molecule has 7 heteroatoms. The molecule has 2 aliphatic carbocycles. The molecule has 216 valence electrons. The number of benzene rings is 1. The molecular formula is C34H41N3O4. The minimum atomic E-state index is -0.792. The Morgan fingerprint density at radius 1 is 1.00 bits per heavy atom. The van der Waals surface area contributed by atoms with Crippen molar-refractivity contribution in [2.45, 2.75) is 78.0 Å². The van der Waals surface area contributed by atoms with E-state index >= 15 is 0 Å². The average molecular weight is 556 g/mol. The molecule has 0 bridgehead atoms. The zero-order valence-electron chi connectivity index (χ0n) is 25.2. The molecule has 1 unspecified atom stereocenters. The quantitative estimate of drug-likeness (QED) is 0.458. The Bertz CT molecular complexity index is 1470. The fraction of sp³-hybridized carbons (Fsp3) is 0.500. The molecule has 2 aromatic rings. The van der Waals surface area contributed by atoms with E-state index in [2.05, 4.69) is 37.0 Å². The van der Waals surface area contributed by atoms with Crippen LogP contribution in [0.1, 0.15) is 74.4 Å². The minimum absolute atomic E-state index is 0.0510. The second-order valence-electron chi connectivity index (χ2n) is 12.7. The standard InChI is InChI=1S/C34H41N3O4/c1-20-17-21(2)27(28(38)18-20)19-37-16-13-26-29(33(37)39)22(3)31-32(30(26)23-11-14-35-15-12-23)41-34(4,40-31)24-7-9-25(10-8-24)36(5)6/h11-12,14-15,17,24-25H,7-10,13,16,18-19H2,1-6H3. The van der Waals surface area contributed by atoms with Crippen LogP contribution in [0.2, 0.25) is 0 Å². The molecule has 0 saturated heterocycles. The van der Waals surface area contributed by atoms with E-state index in [-0.39, 0.29) is 17.6 Å². The van der Waals surface area contributed by atoms with Crippen molar-refractivity contribution in [1.29, 1.82) is 0 Å². The van der Waals surface area contributed by atoms with Crippen LogP contribution in [0.4, 0.5) is 0 Å². The van der Waals surface area contributed by atoms with E-state index in [9.17, 15) is 9.59 Å². The monoisotopic (exact) mass is 555 g/mol. The topological polar surface area (TPSA) is 72.0 Å². The highest BCUT2D eigenvalue weighted by atomic mass is 16.7. The van der Waals surface area contributed by atoms with Gasteiger partial charge < -0.3 is 19.3 Å². The fourth-order valence-electron chi connectivity index (χ4n) is 7.33. The van der Waals surface area contributed by atoms with Crippen LogP contribution in [0.25, 0.3) is 11.1 Å². The van der Waals surface area contributed by atoms with Crippen molar-refractivity contribution in [2.24, 2.45) is 5.92 Å². The zero-order chi connectivity index (χ0) is 29.1. The summed E-state index contributed by atoms with van der Waals surface area (Å²) in [5.41, 5.74) is 7.16. The van der Waals surface area contributed by atoms with Gasteiger partial charge in [-0.15, -0.1) is 0 Å². The number of ether oxygens (including phenoxy) is 2. The summed E-state index contributed by atoms with van der Waals surface area (Å²) in [7, 11) is 4.31. The number of pyridine rings is 1. The lowest BCUT2D eigenvalue weighted by atomic mass is 9.81. The van der Waals surface area contributed by atoms with Gasteiger partial charge in [-0.2, -0.15) is 0 Å². The predicted molar refractivity (Wildman–Crippen MR) is 159 cm³/mol.